The van der Waals surface area contributed by atoms with E-state index in [0.717, 1.165) is 16.8 Å². The molecule has 0 bridgehead atoms. The number of ether oxygens (including phenoxy) is 1. The quantitative estimate of drug-likeness (QED) is 0.444. The Morgan fingerprint density at radius 3 is 2.59 bits per heavy atom. The molecule has 1 aromatic heterocycles. The first kappa shape index (κ1) is 12.0. The van der Waals surface area contributed by atoms with Crippen LogP contribution in [0.4, 0.5) is 0 Å². The zero-order valence-corrected chi connectivity index (χ0v) is 8.68. The van der Waals surface area contributed by atoms with Crippen LogP contribution in [0.25, 0.3) is 0 Å². The Hall–Kier alpha value is -1.48. The summed E-state index contributed by atoms with van der Waals surface area (Å²) < 4.78 is 6.08. The van der Waals surface area contributed by atoms with Crippen LogP contribution in [0.15, 0.2) is 21.9 Å². The maximum Gasteiger partial charge on any atom is 0.330 e. The smallest absolute Gasteiger partial charge is 0.330 e. The van der Waals surface area contributed by atoms with Crippen LogP contribution in [0.3, 0.4) is 0 Å². The number of aliphatic hydroxyl groups is 3. The molecule has 94 valence electrons. The summed E-state index contributed by atoms with van der Waals surface area (Å²) in [5.41, 5.74) is -1.33. The molecule has 1 aliphatic heterocycles. The van der Waals surface area contributed by atoms with Gasteiger partial charge in [-0.1, -0.05) is 0 Å². The van der Waals surface area contributed by atoms with Gasteiger partial charge in [0.2, 0.25) is 0 Å². The molecule has 2 rings (SSSR count). The van der Waals surface area contributed by atoms with Crippen molar-refractivity contribution in [3.05, 3.63) is 33.1 Å². The number of hydrogen-bond acceptors (Lipinski definition) is 6. The van der Waals surface area contributed by atoms with Crippen LogP contribution in [-0.2, 0) is 4.74 Å². The molecular formula is C9H12N2O6. The maximum atomic E-state index is 11.4. The van der Waals surface area contributed by atoms with E-state index >= 15 is 0 Å². The summed E-state index contributed by atoms with van der Waals surface area (Å²) in [7, 11) is 0. The van der Waals surface area contributed by atoms with Gasteiger partial charge in [-0.3, -0.25) is 14.3 Å². The lowest BCUT2D eigenvalue weighted by Crippen LogP contribution is -2.37. The molecule has 4 atom stereocenters. The molecule has 8 nitrogen and oxygen atoms in total. The third kappa shape index (κ3) is 2.03. The highest BCUT2D eigenvalue weighted by Crippen LogP contribution is 2.27. The van der Waals surface area contributed by atoms with Crippen molar-refractivity contribution in [1.82, 2.24) is 9.55 Å². The molecule has 0 amide bonds. The van der Waals surface area contributed by atoms with Crippen molar-refractivity contribution in [3.63, 3.8) is 0 Å². The fourth-order valence-electron chi connectivity index (χ4n) is 1.74. The van der Waals surface area contributed by atoms with Crippen LogP contribution >= 0.6 is 0 Å². The number of nitrogens with one attached hydrogen (secondary N) is 1. The second kappa shape index (κ2) is 4.41. The predicted octanol–water partition coefficient (Wildman–Crippen LogP) is -2.85. The van der Waals surface area contributed by atoms with Gasteiger partial charge in [-0.05, 0) is 0 Å². The molecule has 8 heteroatoms. The Bertz CT molecular complexity index is 509. The SMILES string of the molecule is O=c1ccn([C@@H]2OC(CO)[C@H](O)C2O)c(=O)[nH]1. The first-order chi connectivity index (χ1) is 8.04. The van der Waals surface area contributed by atoms with Gasteiger partial charge in [-0.2, -0.15) is 0 Å². The third-order valence-electron chi connectivity index (χ3n) is 2.64. The minimum Gasteiger partial charge on any atom is -0.394 e. The van der Waals surface area contributed by atoms with Crippen molar-refractivity contribution in [2.45, 2.75) is 24.5 Å². The van der Waals surface area contributed by atoms with Crippen molar-refractivity contribution < 1.29 is 20.1 Å². The highest BCUT2D eigenvalue weighted by atomic mass is 16.6. The Morgan fingerprint density at radius 2 is 2.06 bits per heavy atom. The summed E-state index contributed by atoms with van der Waals surface area (Å²) in [5.74, 6) is 0. The highest BCUT2D eigenvalue weighted by molar-refractivity contribution is 4.92. The second-order valence-electron chi connectivity index (χ2n) is 3.75. The monoisotopic (exact) mass is 244 g/mol. The third-order valence-corrected chi connectivity index (χ3v) is 2.64. The van der Waals surface area contributed by atoms with Gasteiger partial charge in [0.25, 0.3) is 5.56 Å². The van der Waals surface area contributed by atoms with Gasteiger partial charge in [-0.15, -0.1) is 0 Å². The Balaban J connectivity index is 2.35. The molecule has 0 aliphatic carbocycles. The van der Waals surface area contributed by atoms with Gasteiger partial charge in [-0.25, -0.2) is 4.79 Å². The molecule has 0 saturated carbocycles. The lowest BCUT2D eigenvalue weighted by molar-refractivity contribution is -0.0550. The summed E-state index contributed by atoms with van der Waals surface area (Å²) in [6.07, 6.45) is -3.58. The highest BCUT2D eigenvalue weighted by Gasteiger charge is 2.43. The van der Waals surface area contributed by atoms with Crippen molar-refractivity contribution in [1.29, 1.82) is 0 Å². The van der Waals surface area contributed by atoms with Gasteiger partial charge in [0.1, 0.15) is 18.3 Å². The van der Waals surface area contributed by atoms with Crippen LogP contribution in [0, 0.1) is 0 Å². The molecule has 1 fully saturated rings. The maximum absolute atomic E-state index is 11.4. The van der Waals surface area contributed by atoms with E-state index in [4.69, 9.17) is 9.84 Å². The molecular weight excluding hydrogens is 232 g/mol. The number of aromatic nitrogens is 2. The average Bonchev–Trinajstić information content (AvgIpc) is 2.57. The molecule has 1 saturated heterocycles. The largest absolute Gasteiger partial charge is 0.394 e. The number of hydrogen-bond donors (Lipinski definition) is 4. The molecule has 1 aromatic rings. The molecule has 2 heterocycles. The van der Waals surface area contributed by atoms with Crippen LogP contribution < -0.4 is 11.2 Å². The van der Waals surface area contributed by atoms with Crippen LogP contribution in [0.5, 0.6) is 0 Å². The van der Waals surface area contributed by atoms with Crippen LogP contribution in [0.1, 0.15) is 6.23 Å². The zero-order valence-electron chi connectivity index (χ0n) is 8.68. The van der Waals surface area contributed by atoms with Gasteiger partial charge in [0, 0.05) is 12.3 Å². The lowest BCUT2D eigenvalue weighted by Gasteiger charge is -2.16. The van der Waals surface area contributed by atoms with Gasteiger partial charge < -0.3 is 20.1 Å². The first-order valence-electron chi connectivity index (χ1n) is 4.98. The molecule has 0 spiro atoms. The number of aromatic amines is 1. The van der Waals surface area contributed by atoms with Gasteiger partial charge in [0.05, 0.1) is 6.61 Å². The van der Waals surface area contributed by atoms with Crippen LogP contribution in [0.2, 0.25) is 0 Å². The number of aliphatic hydroxyl groups excluding tert-OH is 3. The Labute approximate surface area is 94.7 Å². The van der Waals surface area contributed by atoms with Crippen molar-refractivity contribution >= 4 is 0 Å². The van der Waals surface area contributed by atoms with E-state index in [9.17, 15) is 19.8 Å². The summed E-state index contributed by atoms with van der Waals surface area (Å²) in [4.78, 5) is 24.3. The second-order valence-corrected chi connectivity index (χ2v) is 3.75. The summed E-state index contributed by atoms with van der Waals surface area (Å²) >= 11 is 0. The molecule has 4 N–H and O–H groups in total. The van der Waals surface area contributed by atoms with E-state index in [0.29, 0.717) is 0 Å². The standard InChI is InChI=1S/C9H12N2O6/c12-3-4-6(14)7(15)8(17-4)11-2-1-5(13)10-9(11)16/h1-2,4,6-8,12,14-15H,3H2,(H,10,13,16)/t4?,6-,7?,8+/m0/s1. The van der Waals surface area contributed by atoms with Crippen molar-refractivity contribution in [2.24, 2.45) is 0 Å². The van der Waals surface area contributed by atoms with Crippen molar-refractivity contribution in [2.75, 3.05) is 6.61 Å². The summed E-state index contributed by atoms with van der Waals surface area (Å²) in [5, 5.41) is 28.1. The average molecular weight is 244 g/mol. The van der Waals surface area contributed by atoms with Crippen molar-refractivity contribution in [3.8, 4) is 0 Å². The van der Waals surface area contributed by atoms with E-state index in [1.165, 1.54) is 0 Å². The number of rotatable bonds is 2. The zero-order chi connectivity index (χ0) is 12.6. The van der Waals surface area contributed by atoms with Crippen LogP contribution in [-0.4, -0.2) is 49.8 Å². The molecule has 1 aliphatic rings. The Kier molecular flexibility index (Phi) is 3.11. The number of H-pyrrole nitrogens is 1. The normalized spacial score (nSPS) is 32.9. The molecule has 0 aromatic carbocycles. The molecule has 17 heavy (non-hydrogen) atoms. The van der Waals surface area contributed by atoms with E-state index in [-0.39, 0.29) is 0 Å². The lowest BCUT2D eigenvalue weighted by atomic mass is 10.1. The van der Waals surface area contributed by atoms with Gasteiger partial charge in [0.15, 0.2) is 6.23 Å². The fraction of sp³-hybridized carbons (Fsp3) is 0.556. The van der Waals surface area contributed by atoms with E-state index in [1.54, 1.807) is 0 Å². The van der Waals surface area contributed by atoms with E-state index in [1.807, 2.05) is 4.98 Å². The fourth-order valence-corrected chi connectivity index (χ4v) is 1.74. The first-order valence-corrected chi connectivity index (χ1v) is 4.98. The topological polar surface area (TPSA) is 125 Å². The summed E-state index contributed by atoms with van der Waals surface area (Å²) in [6.45, 7) is -0.479. The van der Waals surface area contributed by atoms with E-state index < -0.39 is 42.4 Å². The van der Waals surface area contributed by atoms with Gasteiger partial charge >= 0.3 is 5.69 Å². The minimum atomic E-state index is -1.35. The van der Waals surface area contributed by atoms with E-state index in [2.05, 4.69) is 0 Å². The predicted molar refractivity (Wildman–Crippen MR) is 54.3 cm³/mol. The summed E-state index contributed by atoms with van der Waals surface area (Å²) in [6, 6.07) is 1.09. The Morgan fingerprint density at radius 1 is 1.35 bits per heavy atom. The molecule has 2 unspecified atom stereocenters. The minimum absolute atomic E-state index is 0.479. The molecule has 0 radical (unpaired) electrons. The number of nitrogens with zero attached hydrogens (tertiary/aromatic N) is 1.